The van der Waals surface area contributed by atoms with Gasteiger partial charge in [0, 0.05) is 23.9 Å². The molecule has 2 rings (SSSR count). The molecule has 0 bridgehead atoms. The van der Waals surface area contributed by atoms with Crippen molar-refractivity contribution in [2.45, 2.75) is 26.3 Å². The van der Waals surface area contributed by atoms with Crippen LogP contribution in [0.25, 0.3) is 0 Å². The van der Waals surface area contributed by atoms with Crippen LogP contribution in [0.2, 0.25) is 0 Å². The van der Waals surface area contributed by atoms with E-state index in [0.29, 0.717) is 5.92 Å². The van der Waals surface area contributed by atoms with E-state index in [9.17, 15) is 0 Å². The van der Waals surface area contributed by atoms with Gasteiger partial charge in [0.15, 0.2) is 0 Å². The molecule has 5 heteroatoms. The molecule has 0 saturated heterocycles. The quantitative estimate of drug-likeness (QED) is 0.868. The van der Waals surface area contributed by atoms with Crippen molar-refractivity contribution in [2.75, 3.05) is 17.7 Å². The zero-order valence-corrected chi connectivity index (χ0v) is 11.7. The normalized spacial score (nSPS) is 10.7. The molecule has 0 fully saturated rings. The van der Waals surface area contributed by atoms with Crippen molar-refractivity contribution in [3.8, 4) is 0 Å². The van der Waals surface area contributed by atoms with Crippen LogP contribution in [-0.2, 0) is 6.54 Å². The van der Waals surface area contributed by atoms with Gasteiger partial charge in [-0.2, -0.15) is 0 Å². The largest absolute Gasteiger partial charge is 0.373 e. The van der Waals surface area contributed by atoms with Crippen LogP contribution in [0.3, 0.4) is 0 Å². The minimum Gasteiger partial charge on any atom is -0.373 e. The third-order valence-corrected chi connectivity index (χ3v) is 3.42. The Hall–Kier alpha value is -1.62. The van der Waals surface area contributed by atoms with E-state index in [1.165, 1.54) is 4.88 Å². The predicted octanol–water partition coefficient (Wildman–Crippen LogP) is 3.32. The molecule has 0 aromatic carbocycles. The highest BCUT2D eigenvalue weighted by Crippen LogP contribution is 2.18. The van der Waals surface area contributed by atoms with Crippen molar-refractivity contribution in [1.82, 2.24) is 9.97 Å². The third-order valence-electron chi connectivity index (χ3n) is 2.54. The Morgan fingerprint density at radius 3 is 2.67 bits per heavy atom. The van der Waals surface area contributed by atoms with Crippen molar-refractivity contribution in [3.05, 3.63) is 34.3 Å². The molecule has 4 nitrogen and oxygen atoms in total. The second-order valence-electron chi connectivity index (χ2n) is 4.33. The van der Waals surface area contributed by atoms with Crippen LogP contribution >= 0.6 is 11.3 Å². The molecule has 2 aromatic rings. The fourth-order valence-corrected chi connectivity index (χ4v) is 2.18. The van der Waals surface area contributed by atoms with Crippen molar-refractivity contribution >= 4 is 23.0 Å². The Bertz CT molecular complexity index is 494. The maximum Gasteiger partial charge on any atom is 0.135 e. The number of hydrogen-bond donors (Lipinski definition) is 2. The molecular formula is C13H18N4S. The highest BCUT2D eigenvalue weighted by Gasteiger charge is 2.07. The molecule has 96 valence electrons. The van der Waals surface area contributed by atoms with Crippen LogP contribution < -0.4 is 10.6 Å². The molecule has 0 aliphatic carbocycles. The number of nitrogens with one attached hydrogen (secondary N) is 2. The topological polar surface area (TPSA) is 49.8 Å². The van der Waals surface area contributed by atoms with E-state index in [2.05, 4.69) is 52.0 Å². The van der Waals surface area contributed by atoms with E-state index < -0.39 is 0 Å². The number of thiophene rings is 1. The molecule has 0 spiro atoms. The number of hydrogen-bond acceptors (Lipinski definition) is 5. The molecule has 2 N–H and O–H groups in total. The van der Waals surface area contributed by atoms with Gasteiger partial charge in [-0.3, -0.25) is 0 Å². The third kappa shape index (κ3) is 3.20. The van der Waals surface area contributed by atoms with E-state index in [0.717, 1.165) is 24.0 Å². The second-order valence-corrected chi connectivity index (χ2v) is 5.37. The van der Waals surface area contributed by atoms with Crippen LogP contribution in [0.4, 0.5) is 11.6 Å². The van der Waals surface area contributed by atoms with Gasteiger partial charge in [-0.1, -0.05) is 19.9 Å². The standard InChI is InChI=1S/C13H18N4S/c1-9(2)13-16-11(14-3)7-12(17-13)15-8-10-5-4-6-18-10/h4-7,9H,8H2,1-3H3,(H2,14,15,16,17). The first-order chi connectivity index (χ1) is 8.69. The van der Waals surface area contributed by atoms with Gasteiger partial charge in [-0.15, -0.1) is 11.3 Å². The Labute approximate surface area is 111 Å². The maximum atomic E-state index is 4.52. The van der Waals surface area contributed by atoms with Crippen LogP contribution in [-0.4, -0.2) is 17.0 Å². The average molecular weight is 262 g/mol. The fraction of sp³-hybridized carbons (Fsp3) is 0.385. The summed E-state index contributed by atoms with van der Waals surface area (Å²) in [5, 5.41) is 8.48. The molecule has 2 heterocycles. The molecule has 0 atom stereocenters. The summed E-state index contributed by atoms with van der Waals surface area (Å²) >= 11 is 1.74. The summed E-state index contributed by atoms with van der Waals surface area (Å²) in [6.07, 6.45) is 0. The van der Waals surface area contributed by atoms with Gasteiger partial charge in [-0.05, 0) is 11.4 Å². The first-order valence-corrected chi connectivity index (χ1v) is 6.90. The highest BCUT2D eigenvalue weighted by molar-refractivity contribution is 7.09. The Morgan fingerprint density at radius 2 is 2.06 bits per heavy atom. The lowest BCUT2D eigenvalue weighted by atomic mass is 10.2. The number of aromatic nitrogens is 2. The van der Waals surface area contributed by atoms with Gasteiger partial charge in [0.2, 0.25) is 0 Å². The first kappa shape index (κ1) is 12.8. The van der Waals surface area contributed by atoms with Crippen LogP contribution in [0.15, 0.2) is 23.6 Å². The fourth-order valence-electron chi connectivity index (χ4n) is 1.53. The summed E-state index contributed by atoms with van der Waals surface area (Å²) in [7, 11) is 1.87. The Morgan fingerprint density at radius 1 is 1.28 bits per heavy atom. The molecule has 0 saturated carbocycles. The molecule has 18 heavy (non-hydrogen) atoms. The number of nitrogens with zero attached hydrogens (tertiary/aromatic N) is 2. The maximum absolute atomic E-state index is 4.52. The molecule has 2 aromatic heterocycles. The summed E-state index contributed by atoms with van der Waals surface area (Å²) in [6, 6.07) is 6.10. The van der Waals surface area contributed by atoms with E-state index in [1.54, 1.807) is 11.3 Å². The molecule has 0 amide bonds. The summed E-state index contributed by atoms with van der Waals surface area (Å²) in [5.74, 6) is 2.89. The first-order valence-electron chi connectivity index (χ1n) is 6.02. The van der Waals surface area contributed by atoms with E-state index in [-0.39, 0.29) is 0 Å². The minimum atomic E-state index is 0.320. The van der Waals surface area contributed by atoms with Crippen molar-refractivity contribution in [2.24, 2.45) is 0 Å². The van der Waals surface area contributed by atoms with Gasteiger partial charge in [0.1, 0.15) is 17.5 Å². The zero-order valence-electron chi connectivity index (χ0n) is 10.9. The number of rotatable bonds is 5. The van der Waals surface area contributed by atoms with E-state index >= 15 is 0 Å². The van der Waals surface area contributed by atoms with Crippen LogP contribution in [0, 0.1) is 0 Å². The molecule has 0 unspecified atom stereocenters. The van der Waals surface area contributed by atoms with Gasteiger partial charge in [-0.25, -0.2) is 9.97 Å². The zero-order chi connectivity index (χ0) is 13.0. The van der Waals surface area contributed by atoms with Gasteiger partial charge >= 0.3 is 0 Å². The van der Waals surface area contributed by atoms with Crippen LogP contribution in [0.1, 0.15) is 30.5 Å². The Balaban J connectivity index is 2.13. The van der Waals surface area contributed by atoms with E-state index in [4.69, 9.17) is 0 Å². The van der Waals surface area contributed by atoms with Crippen LogP contribution in [0.5, 0.6) is 0 Å². The molecule has 0 aliphatic heterocycles. The summed E-state index contributed by atoms with van der Waals surface area (Å²) in [5.41, 5.74) is 0. The minimum absolute atomic E-state index is 0.320. The van der Waals surface area contributed by atoms with E-state index in [1.807, 2.05) is 13.1 Å². The summed E-state index contributed by atoms with van der Waals surface area (Å²) in [6.45, 7) is 4.99. The lowest BCUT2D eigenvalue weighted by molar-refractivity contribution is 0.776. The van der Waals surface area contributed by atoms with Gasteiger partial charge in [0.05, 0.1) is 6.54 Å². The summed E-state index contributed by atoms with van der Waals surface area (Å²) in [4.78, 5) is 10.3. The van der Waals surface area contributed by atoms with Crippen molar-refractivity contribution in [1.29, 1.82) is 0 Å². The predicted molar refractivity (Wildman–Crippen MR) is 77.3 cm³/mol. The van der Waals surface area contributed by atoms with Gasteiger partial charge in [0.25, 0.3) is 0 Å². The summed E-state index contributed by atoms with van der Waals surface area (Å²) < 4.78 is 0. The Kier molecular flexibility index (Phi) is 4.15. The van der Waals surface area contributed by atoms with Gasteiger partial charge < -0.3 is 10.6 Å². The lowest BCUT2D eigenvalue weighted by Crippen LogP contribution is -2.07. The molecule has 0 radical (unpaired) electrons. The second kappa shape index (κ2) is 5.82. The molecular weight excluding hydrogens is 244 g/mol. The van der Waals surface area contributed by atoms with Crippen molar-refractivity contribution < 1.29 is 0 Å². The van der Waals surface area contributed by atoms with Crippen molar-refractivity contribution in [3.63, 3.8) is 0 Å². The monoisotopic (exact) mass is 262 g/mol. The lowest BCUT2D eigenvalue weighted by Gasteiger charge is -2.10. The molecule has 0 aliphatic rings. The highest BCUT2D eigenvalue weighted by atomic mass is 32.1. The number of anilines is 2. The smallest absolute Gasteiger partial charge is 0.135 e. The SMILES string of the molecule is CNc1cc(NCc2cccs2)nc(C(C)C)n1. The average Bonchev–Trinajstić information content (AvgIpc) is 2.89.